The zero-order valence-electron chi connectivity index (χ0n) is 16.4. The van der Waals surface area contributed by atoms with Gasteiger partial charge < -0.3 is 10.6 Å². The topological polar surface area (TPSA) is 66.9 Å². The molecule has 146 valence electrons. The van der Waals surface area contributed by atoms with Crippen LogP contribution in [0.2, 0.25) is 0 Å². The van der Waals surface area contributed by atoms with Crippen LogP contribution in [-0.2, 0) is 4.79 Å². The molecule has 1 heterocycles. The molecular formula is C20H28N4OS2. The van der Waals surface area contributed by atoms with Crippen molar-refractivity contribution in [1.82, 2.24) is 15.5 Å². The number of hydrogen-bond acceptors (Lipinski definition) is 6. The molecule has 0 bridgehead atoms. The summed E-state index contributed by atoms with van der Waals surface area (Å²) in [6.07, 6.45) is 3.54. The predicted octanol–water partition coefficient (Wildman–Crippen LogP) is 5.01. The highest BCUT2D eigenvalue weighted by atomic mass is 32.2. The van der Waals surface area contributed by atoms with Crippen LogP contribution in [0.4, 0.5) is 10.8 Å². The van der Waals surface area contributed by atoms with E-state index in [-0.39, 0.29) is 17.2 Å². The Morgan fingerprint density at radius 2 is 1.96 bits per heavy atom. The number of hydrogen-bond donors (Lipinski definition) is 2. The van der Waals surface area contributed by atoms with Gasteiger partial charge in [0.25, 0.3) is 0 Å². The van der Waals surface area contributed by atoms with Gasteiger partial charge in [-0.15, -0.1) is 10.2 Å². The highest BCUT2D eigenvalue weighted by Gasteiger charge is 2.29. The summed E-state index contributed by atoms with van der Waals surface area (Å²) in [7, 11) is 0. The lowest BCUT2D eigenvalue weighted by molar-refractivity contribution is -0.121. The Balaban J connectivity index is 1.53. The van der Waals surface area contributed by atoms with Crippen LogP contribution in [0.25, 0.3) is 0 Å². The van der Waals surface area contributed by atoms with E-state index in [0.29, 0.717) is 11.8 Å². The number of aromatic nitrogens is 2. The van der Waals surface area contributed by atoms with E-state index in [9.17, 15) is 4.79 Å². The number of carbonyl (C=O) groups excluding carboxylic acids is 1. The third-order valence-corrected chi connectivity index (χ3v) is 7.41. The van der Waals surface area contributed by atoms with Crippen molar-refractivity contribution in [1.29, 1.82) is 0 Å². The number of nitrogens with one attached hydrogen (secondary N) is 2. The monoisotopic (exact) mass is 404 g/mol. The Morgan fingerprint density at radius 1 is 1.22 bits per heavy atom. The zero-order valence-corrected chi connectivity index (χ0v) is 18.0. The van der Waals surface area contributed by atoms with Gasteiger partial charge in [0.05, 0.1) is 5.25 Å². The molecule has 1 saturated carbocycles. The number of amides is 1. The number of benzene rings is 1. The molecule has 0 radical (unpaired) electrons. The van der Waals surface area contributed by atoms with Crippen molar-refractivity contribution in [2.75, 3.05) is 5.32 Å². The van der Waals surface area contributed by atoms with E-state index in [2.05, 4.69) is 53.7 Å². The average Bonchev–Trinajstić information content (AvgIpc) is 3.07. The summed E-state index contributed by atoms with van der Waals surface area (Å²) in [5, 5.41) is 15.5. The molecule has 1 fully saturated rings. The summed E-state index contributed by atoms with van der Waals surface area (Å²) >= 11 is 2.94. The Kier molecular flexibility index (Phi) is 6.76. The largest absolute Gasteiger partial charge is 0.352 e. The van der Waals surface area contributed by atoms with Crippen molar-refractivity contribution >= 4 is 39.8 Å². The minimum absolute atomic E-state index is 0.0918. The molecule has 1 aliphatic carbocycles. The minimum atomic E-state index is -0.186. The van der Waals surface area contributed by atoms with Crippen LogP contribution in [0.1, 0.15) is 45.6 Å². The van der Waals surface area contributed by atoms with Gasteiger partial charge in [-0.1, -0.05) is 67.5 Å². The first-order valence-electron chi connectivity index (χ1n) is 9.56. The van der Waals surface area contributed by atoms with Gasteiger partial charge in [-0.25, -0.2) is 0 Å². The number of aryl methyl sites for hydroxylation is 1. The van der Waals surface area contributed by atoms with Crippen molar-refractivity contribution in [3.63, 3.8) is 0 Å². The average molecular weight is 405 g/mol. The maximum Gasteiger partial charge on any atom is 0.233 e. The normalized spacial score (nSPS) is 23.6. The molecule has 7 heteroatoms. The van der Waals surface area contributed by atoms with Crippen molar-refractivity contribution in [2.24, 2.45) is 11.8 Å². The molecule has 1 aliphatic rings. The predicted molar refractivity (Wildman–Crippen MR) is 114 cm³/mol. The summed E-state index contributed by atoms with van der Waals surface area (Å²) in [4.78, 5) is 12.6. The lowest BCUT2D eigenvalue weighted by Crippen LogP contribution is -2.46. The van der Waals surface area contributed by atoms with Gasteiger partial charge in [0.15, 0.2) is 4.34 Å². The maximum atomic E-state index is 12.6. The number of thioether (sulfide) groups is 1. The highest BCUT2D eigenvalue weighted by Crippen LogP contribution is 2.32. The molecule has 2 N–H and O–H groups in total. The van der Waals surface area contributed by atoms with Crippen LogP contribution in [-0.4, -0.2) is 27.4 Å². The lowest BCUT2D eigenvalue weighted by Gasteiger charge is -2.35. The van der Waals surface area contributed by atoms with Crippen molar-refractivity contribution in [2.45, 2.75) is 62.6 Å². The molecule has 0 saturated heterocycles. The van der Waals surface area contributed by atoms with Gasteiger partial charge in [-0.2, -0.15) is 0 Å². The molecule has 1 aromatic heterocycles. The van der Waals surface area contributed by atoms with Crippen LogP contribution in [0.5, 0.6) is 0 Å². The van der Waals surface area contributed by atoms with E-state index in [1.165, 1.54) is 41.5 Å². The molecule has 5 nitrogen and oxygen atoms in total. The molecule has 27 heavy (non-hydrogen) atoms. The Morgan fingerprint density at radius 3 is 2.70 bits per heavy atom. The fourth-order valence-corrected chi connectivity index (χ4v) is 5.28. The van der Waals surface area contributed by atoms with Crippen LogP contribution in [0.3, 0.4) is 0 Å². The van der Waals surface area contributed by atoms with E-state index in [1.54, 1.807) is 0 Å². The second-order valence-electron chi connectivity index (χ2n) is 7.51. The van der Waals surface area contributed by atoms with Crippen molar-refractivity contribution in [3.05, 3.63) is 29.8 Å². The first-order valence-corrected chi connectivity index (χ1v) is 11.3. The SMILES string of the molecule is Cc1ccc(Nc2nnc(S[C@H](C)C(=O)N[C@@H]3CCC[C@@H](C)[C@H]3C)s2)cc1. The van der Waals surface area contributed by atoms with Gasteiger partial charge in [0, 0.05) is 11.7 Å². The molecule has 0 unspecified atom stereocenters. The first kappa shape index (κ1) is 20.1. The number of anilines is 2. The standard InChI is InChI=1S/C20H28N4OS2/c1-12-8-10-16(11-9-12)21-19-23-24-20(27-19)26-15(4)18(25)22-17-7-5-6-13(2)14(17)3/h8-11,13-15,17H,5-7H2,1-4H3,(H,21,23)(H,22,25)/t13-,14-,15-,17-/m1/s1. The van der Waals surface area contributed by atoms with Gasteiger partial charge >= 0.3 is 0 Å². The molecule has 1 amide bonds. The van der Waals surface area contributed by atoms with Crippen LogP contribution >= 0.6 is 23.1 Å². The van der Waals surface area contributed by atoms with E-state index < -0.39 is 0 Å². The van der Waals surface area contributed by atoms with Crippen molar-refractivity contribution in [3.8, 4) is 0 Å². The number of carbonyl (C=O) groups is 1. The van der Waals surface area contributed by atoms with Gasteiger partial charge in [0.1, 0.15) is 0 Å². The fourth-order valence-electron chi connectivity index (χ4n) is 3.36. The van der Waals surface area contributed by atoms with E-state index in [0.717, 1.165) is 21.6 Å². The van der Waals surface area contributed by atoms with Gasteiger partial charge in [-0.05, 0) is 44.2 Å². The van der Waals surface area contributed by atoms with E-state index in [4.69, 9.17) is 0 Å². The smallest absolute Gasteiger partial charge is 0.233 e. The highest BCUT2D eigenvalue weighted by molar-refractivity contribution is 8.02. The third kappa shape index (κ3) is 5.45. The summed E-state index contributed by atoms with van der Waals surface area (Å²) in [6, 6.07) is 8.44. The van der Waals surface area contributed by atoms with E-state index >= 15 is 0 Å². The summed E-state index contributed by atoms with van der Waals surface area (Å²) in [5.74, 6) is 1.30. The Labute approximate surface area is 169 Å². The lowest BCUT2D eigenvalue weighted by atomic mass is 9.78. The van der Waals surface area contributed by atoms with Crippen LogP contribution < -0.4 is 10.6 Å². The third-order valence-electron chi connectivity index (χ3n) is 5.39. The van der Waals surface area contributed by atoms with Crippen LogP contribution in [0, 0.1) is 18.8 Å². The zero-order chi connectivity index (χ0) is 19.4. The molecule has 0 aliphatic heterocycles. The molecule has 3 rings (SSSR count). The summed E-state index contributed by atoms with van der Waals surface area (Å²) < 4.78 is 0.803. The Bertz CT molecular complexity index is 762. The molecule has 0 spiro atoms. The minimum Gasteiger partial charge on any atom is -0.352 e. The van der Waals surface area contributed by atoms with Gasteiger partial charge in [-0.3, -0.25) is 4.79 Å². The molecular weight excluding hydrogens is 376 g/mol. The molecule has 4 atom stereocenters. The van der Waals surface area contributed by atoms with Crippen molar-refractivity contribution < 1.29 is 4.79 Å². The molecule has 2 aromatic rings. The van der Waals surface area contributed by atoms with Crippen LogP contribution in [0.15, 0.2) is 28.6 Å². The second-order valence-corrected chi connectivity index (χ2v) is 10.1. The maximum absolute atomic E-state index is 12.6. The molecule has 1 aromatic carbocycles. The summed E-state index contributed by atoms with van der Waals surface area (Å²) in [6.45, 7) is 8.53. The second kappa shape index (κ2) is 9.06. The fraction of sp³-hybridized carbons (Fsp3) is 0.550. The quantitative estimate of drug-likeness (QED) is 0.662. The summed E-state index contributed by atoms with van der Waals surface area (Å²) in [5.41, 5.74) is 2.20. The number of rotatable bonds is 6. The first-order chi connectivity index (χ1) is 12.9. The number of nitrogens with zero attached hydrogens (tertiary/aromatic N) is 2. The van der Waals surface area contributed by atoms with E-state index in [1.807, 2.05) is 19.1 Å². The Hall–Kier alpha value is -1.60. The van der Waals surface area contributed by atoms with Gasteiger partial charge in [0.2, 0.25) is 11.0 Å².